The Morgan fingerprint density at radius 3 is 2.61 bits per heavy atom. The number of imide groups is 1. The van der Waals surface area contributed by atoms with Gasteiger partial charge in [0, 0.05) is 30.8 Å². The van der Waals surface area contributed by atoms with Crippen LogP contribution >= 0.6 is 0 Å². The number of urea groups is 1. The number of fused-ring (bicyclic) bond motifs is 2. The fourth-order valence-electron chi connectivity index (χ4n) is 5.56. The van der Waals surface area contributed by atoms with Crippen molar-refractivity contribution in [2.75, 3.05) is 18.9 Å². The third-order valence-electron chi connectivity index (χ3n) is 7.35. The van der Waals surface area contributed by atoms with Gasteiger partial charge in [0.2, 0.25) is 11.5 Å². The Balaban J connectivity index is 1.35. The number of benzene rings is 2. The molecule has 9 nitrogen and oxygen atoms in total. The van der Waals surface area contributed by atoms with Gasteiger partial charge in [-0.2, -0.15) is 0 Å². The van der Waals surface area contributed by atoms with Crippen LogP contribution in [0.15, 0.2) is 42.5 Å². The lowest BCUT2D eigenvalue weighted by Gasteiger charge is -2.30. The average Bonchev–Trinajstić information content (AvgIpc) is 3.49. The SMILES string of the molecule is CNC(=O)Nc1ccc2c(c1)CCC21OC(=O)N(CC(=O)N2[C@H](C)CC[C@H]2c2ccc(F)cc2)C1=O. The lowest BCUT2D eigenvalue weighted by Crippen LogP contribution is -2.46. The number of nitrogens with one attached hydrogen (secondary N) is 2. The zero-order chi connectivity index (χ0) is 25.6. The zero-order valence-electron chi connectivity index (χ0n) is 20.0. The molecule has 3 atom stereocenters. The van der Waals surface area contributed by atoms with E-state index in [1.165, 1.54) is 19.2 Å². The van der Waals surface area contributed by atoms with Crippen LogP contribution in [0, 0.1) is 5.82 Å². The molecule has 2 aliphatic heterocycles. The summed E-state index contributed by atoms with van der Waals surface area (Å²) in [6, 6.07) is 10.4. The number of hydrogen-bond acceptors (Lipinski definition) is 5. The first kappa shape index (κ1) is 23.8. The van der Waals surface area contributed by atoms with Crippen molar-refractivity contribution in [3.8, 4) is 0 Å². The Kier molecular flexibility index (Phi) is 5.89. The standard InChI is InChI=1S/C26H27FN4O5/c1-15-3-10-21(16-4-6-18(27)7-5-16)31(15)22(32)14-30-23(33)26(36-25(30)35)12-11-17-13-19(8-9-20(17)26)29-24(34)28-2/h4-9,13,15,21H,3,10-12,14H2,1-2H3,(H2,28,29,34)/t15-,21+,26?/m1/s1. The number of hydrogen-bond donors (Lipinski definition) is 2. The van der Waals surface area contributed by atoms with Gasteiger partial charge in [-0.05, 0) is 61.6 Å². The monoisotopic (exact) mass is 494 g/mol. The van der Waals surface area contributed by atoms with Gasteiger partial charge in [-0.15, -0.1) is 0 Å². The van der Waals surface area contributed by atoms with Gasteiger partial charge in [-0.25, -0.2) is 18.9 Å². The maximum Gasteiger partial charge on any atom is 0.418 e. The van der Waals surface area contributed by atoms with Gasteiger partial charge in [-0.1, -0.05) is 18.2 Å². The van der Waals surface area contributed by atoms with Crippen molar-refractivity contribution >= 4 is 29.6 Å². The van der Waals surface area contributed by atoms with Crippen LogP contribution < -0.4 is 10.6 Å². The quantitative estimate of drug-likeness (QED) is 0.677. The predicted molar refractivity (Wildman–Crippen MR) is 127 cm³/mol. The van der Waals surface area contributed by atoms with E-state index in [9.17, 15) is 23.6 Å². The molecule has 0 radical (unpaired) electrons. The van der Waals surface area contributed by atoms with Crippen molar-refractivity contribution < 1.29 is 28.3 Å². The molecule has 1 aliphatic carbocycles. The molecular weight excluding hydrogens is 467 g/mol. The number of carbonyl (C=O) groups excluding carboxylic acids is 4. The molecule has 2 aromatic rings. The van der Waals surface area contributed by atoms with Crippen LogP contribution in [0.25, 0.3) is 0 Å². The van der Waals surface area contributed by atoms with Crippen LogP contribution in [-0.4, -0.2) is 53.4 Å². The Bertz CT molecular complexity index is 1250. The molecule has 2 fully saturated rings. The third kappa shape index (κ3) is 3.86. The van der Waals surface area contributed by atoms with Gasteiger partial charge in [0.1, 0.15) is 12.4 Å². The summed E-state index contributed by atoms with van der Waals surface area (Å²) in [4.78, 5) is 53.9. The highest BCUT2D eigenvalue weighted by molar-refractivity contribution is 6.06. The number of likely N-dealkylation sites (tertiary alicyclic amines) is 1. The molecule has 3 aliphatic rings. The molecule has 0 aromatic heterocycles. The van der Waals surface area contributed by atoms with Crippen LogP contribution in [0.2, 0.25) is 0 Å². The van der Waals surface area contributed by atoms with E-state index in [1.807, 2.05) is 6.92 Å². The van der Waals surface area contributed by atoms with Crippen molar-refractivity contribution in [1.82, 2.24) is 15.1 Å². The molecule has 1 spiro atoms. The van der Waals surface area contributed by atoms with E-state index >= 15 is 0 Å². The van der Waals surface area contributed by atoms with Crippen molar-refractivity contribution in [3.05, 3.63) is 65.0 Å². The molecule has 36 heavy (non-hydrogen) atoms. The number of anilines is 1. The van der Waals surface area contributed by atoms with Crippen molar-refractivity contribution in [1.29, 1.82) is 0 Å². The summed E-state index contributed by atoms with van der Waals surface area (Å²) < 4.78 is 19.1. The molecule has 2 aromatic carbocycles. The molecule has 5 amide bonds. The van der Waals surface area contributed by atoms with E-state index in [1.54, 1.807) is 35.2 Å². The second-order valence-corrected chi connectivity index (χ2v) is 9.46. The van der Waals surface area contributed by atoms with Gasteiger partial charge >= 0.3 is 12.1 Å². The van der Waals surface area contributed by atoms with Crippen LogP contribution in [-0.2, 0) is 26.3 Å². The van der Waals surface area contributed by atoms with Gasteiger partial charge in [0.15, 0.2) is 0 Å². The maximum atomic E-state index is 13.5. The second-order valence-electron chi connectivity index (χ2n) is 9.46. The summed E-state index contributed by atoms with van der Waals surface area (Å²) in [6.45, 7) is 1.50. The van der Waals surface area contributed by atoms with E-state index in [-0.39, 0.29) is 36.3 Å². The zero-order valence-corrected chi connectivity index (χ0v) is 20.0. The number of carbonyl (C=O) groups is 4. The topological polar surface area (TPSA) is 108 Å². The maximum absolute atomic E-state index is 13.5. The summed E-state index contributed by atoms with van der Waals surface area (Å²) in [6.07, 6.45) is 1.37. The molecule has 2 N–H and O–H groups in total. The molecule has 5 rings (SSSR count). The number of ether oxygens (including phenoxy) is 1. The van der Waals surface area contributed by atoms with Gasteiger partial charge < -0.3 is 20.3 Å². The molecule has 10 heteroatoms. The number of amides is 5. The van der Waals surface area contributed by atoms with Crippen LogP contribution in [0.3, 0.4) is 0 Å². The molecule has 1 unspecified atom stereocenters. The summed E-state index contributed by atoms with van der Waals surface area (Å²) in [5, 5.41) is 5.16. The Morgan fingerprint density at radius 1 is 1.14 bits per heavy atom. The summed E-state index contributed by atoms with van der Waals surface area (Å²) in [7, 11) is 1.51. The second kappa shape index (κ2) is 8.92. The highest BCUT2D eigenvalue weighted by atomic mass is 19.1. The largest absolute Gasteiger partial charge is 0.427 e. The van der Waals surface area contributed by atoms with Gasteiger partial charge in [0.25, 0.3) is 5.91 Å². The fourth-order valence-corrected chi connectivity index (χ4v) is 5.56. The normalized spacial score (nSPS) is 24.8. The molecule has 0 bridgehead atoms. The number of nitrogens with zero attached hydrogens (tertiary/aromatic N) is 2. The summed E-state index contributed by atoms with van der Waals surface area (Å²) in [5.74, 6) is -1.27. The van der Waals surface area contributed by atoms with Gasteiger partial charge in [-0.3, -0.25) is 9.59 Å². The predicted octanol–water partition coefficient (Wildman–Crippen LogP) is 3.45. The Morgan fingerprint density at radius 2 is 1.89 bits per heavy atom. The van der Waals surface area contributed by atoms with E-state index in [4.69, 9.17) is 4.74 Å². The van der Waals surface area contributed by atoms with E-state index in [2.05, 4.69) is 10.6 Å². The van der Waals surface area contributed by atoms with Crippen molar-refractivity contribution in [3.63, 3.8) is 0 Å². The number of halogens is 1. The Hall–Kier alpha value is -3.95. The summed E-state index contributed by atoms with van der Waals surface area (Å²) in [5.41, 5.74) is 1.26. The fraction of sp³-hybridized carbons (Fsp3) is 0.385. The van der Waals surface area contributed by atoms with E-state index in [0.29, 0.717) is 24.1 Å². The molecule has 188 valence electrons. The van der Waals surface area contributed by atoms with Crippen LogP contribution in [0.5, 0.6) is 0 Å². The first-order chi connectivity index (χ1) is 17.2. The number of rotatable bonds is 4. The Labute approximate surface area is 207 Å². The minimum absolute atomic E-state index is 0.0892. The minimum Gasteiger partial charge on any atom is -0.427 e. The lowest BCUT2D eigenvalue weighted by atomic mass is 9.94. The molecule has 2 heterocycles. The van der Waals surface area contributed by atoms with E-state index in [0.717, 1.165) is 22.4 Å². The van der Waals surface area contributed by atoms with E-state index < -0.39 is 24.1 Å². The van der Waals surface area contributed by atoms with Crippen molar-refractivity contribution in [2.45, 2.75) is 50.3 Å². The highest BCUT2D eigenvalue weighted by Gasteiger charge is 2.58. The van der Waals surface area contributed by atoms with Crippen LogP contribution in [0.1, 0.15) is 48.9 Å². The molecule has 2 saturated heterocycles. The smallest absolute Gasteiger partial charge is 0.418 e. The minimum atomic E-state index is -1.47. The first-order valence-corrected chi connectivity index (χ1v) is 12.0. The van der Waals surface area contributed by atoms with Crippen LogP contribution in [0.4, 0.5) is 19.7 Å². The number of aryl methyl sites for hydroxylation is 1. The first-order valence-electron chi connectivity index (χ1n) is 12.0. The highest BCUT2D eigenvalue weighted by Crippen LogP contribution is 2.46. The molecular formula is C26H27FN4O5. The summed E-state index contributed by atoms with van der Waals surface area (Å²) >= 11 is 0. The van der Waals surface area contributed by atoms with Crippen molar-refractivity contribution in [2.24, 2.45) is 0 Å². The third-order valence-corrected chi connectivity index (χ3v) is 7.35. The average molecular weight is 495 g/mol. The molecule has 0 saturated carbocycles. The van der Waals surface area contributed by atoms with Gasteiger partial charge in [0.05, 0.1) is 6.04 Å². The lowest BCUT2D eigenvalue weighted by molar-refractivity contribution is -0.143.